The van der Waals surface area contributed by atoms with E-state index in [4.69, 9.17) is 23.2 Å². The zero-order chi connectivity index (χ0) is 14.8. The first-order chi connectivity index (χ1) is 10.2. The fourth-order valence-electron chi connectivity index (χ4n) is 2.64. The highest BCUT2D eigenvalue weighted by molar-refractivity contribution is 9.10. The molecule has 0 aromatic heterocycles. The Morgan fingerprint density at radius 3 is 2.76 bits per heavy atom. The second kappa shape index (κ2) is 6.57. The van der Waals surface area contributed by atoms with Gasteiger partial charge >= 0.3 is 0 Å². The van der Waals surface area contributed by atoms with Crippen LogP contribution in [-0.4, -0.2) is 6.54 Å². The fourth-order valence-corrected chi connectivity index (χ4v) is 3.46. The van der Waals surface area contributed by atoms with Gasteiger partial charge in [-0.15, -0.1) is 0 Å². The Kier molecular flexibility index (Phi) is 4.75. The van der Waals surface area contributed by atoms with E-state index in [9.17, 15) is 0 Å². The van der Waals surface area contributed by atoms with Gasteiger partial charge in [0.25, 0.3) is 0 Å². The average molecular weight is 386 g/mol. The zero-order valence-corrected chi connectivity index (χ0v) is 14.4. The van der Waals surface area contributed by atoms with Crippen LogP contribution in [0.2, 0.25) is 10.0 Å². The summed E-state index contributed by atoms with van der Waals surface area (Å²) < 4.78 is 0.808. The third kappa shape index (κ3) is 3.21. The Balaban J connectivity index is 1.93. The summed E-state index contributed by atoms with van der Waals surface area (Å²) in [5, 5.41) is 8.08. The van der Waals surface area contributed by atoms with E-state index < -0.39 is 0 Å². The number of halogens is 3. The van der Waals surface area contributed by atoms with Crippen LogP contribution in [-0.2, 0) is 6.54 Å². The van der Waals surface area contributed by atoms with Crippen molar-refractivity contribution in [2.24, 2.45) is 0 Å². The van der Waals surface area contributed by atoms with Crippen molar-refractivity contribution in [2.45, 2.75) is 19.0 Å². The van der Waals surface area contributed by atoms with Gasteiger partial charge in [0.15, 0.2) is 0 Å². The van der Waals surface area contributed by atoms with Crippen molar-refractivity contribution in [1.29, 1.82) is 0 Å². The Morgan fingerprint density at radius 2 is 1.90 bits per heavy atom. The first-order valence-electron chi connectivity index (χ1n) is 6.85. The van der Waals surface area contributed by atoms with E-state index in [1.807, 2.05) is 12.1 Å². The minimum absolute atomic E-state index is 0.228. The number of hydrogen-bond donors (Lipinski definition) is 2. The highest BCUT2D eigenvalue weighted by atomic mass is 79.9. The minimum Gasteiger partial charge on any atom is -0.377 e. The quantitative estimate of drug-likeness (QED) is 0.676. The molecule has 2 aromatic rings. The molecule has 1 heterocycles. The fraction of sp³-hybridized carbons (Fsp3) is 0.250. The van der Waals surface area contributed by atoms with Gasteiger partial charge in [0.2, 0.25) is 0 Å². The standard InChI is InChI=1S/C16H15BrCl2N2/c17-12-5-6-14(16(19)15(12)18)21-13-7-8-20-9-10-3-1-2-4-11(10)13/h1-6,13,20-21H,7-9H2. The molecule has 110 valence electrons. The number of rotatable bonds is 2. The first kappa shape index (κ1) is 15.2. The lowest BCUT2D eigenvalue weighted by Crippen LogP contribution is -2.15. The monoisotopic (exact) mass is 384 g/mol. The van der Waals surface area contributed by atoms with E-state index in [0.717, 1.165) is 29.7 Å². The van der Waals surface area contributed by atoms with Gasteiger partial charge < -0.3 is 10.6 Å². The summed E-state index contributed by atoms with van der Waals surface area (Å²) in [6, 6.07) is 12.6. The molecule has 5 heteroatoms. The summed E-state index contributed by atoms with van der Waals surface area (Å²) in [7, 11) is 0. The normalized spacial score (nSPS) is 18.0. The molecule has 1 aliphatic heterocycles. The van der Waals surface area contributed by atoms with Crippen molar-refractivity contribution in [2.75, 3.05) is 11.9 Å². The third-order valence-electron chi connectivity index (χ3n) is 3.72. The molecule has 3 rings (SSSR count). The van der Waals surface area contributed by atoms with Crippen LogP contribution in [0.15, 0.2) is 40.9 Å². The van der Waals surface area contributed by atoms with Gasteiger partial charge in [-0.1, -0.05) is 47.5 Å². The van der Waals surface area contributed by atoms with E-state index in [-0.39, 0.29) is 6.04 Å². The van der Waals surface area contributed by atoms with Crippen LogP contribution in [0.4, 0.5) is 5.69 Å². The third-order valence-corrected chi connectivity index (χ3v) is 5.49. The molecule has 0 radical (unpaired) electrons. The minimum atomic E-state index is 0.228. The van der Waals surface area contributed by atoms with Gasteiger partial charge in [-0.25, -0.2) is 0 Å². The van der Waals surface area contributed by atoms with Gasteiger partial charge in [0.05, 0.1) is 21.8 Å². The van der Waals surface area contributed by atoms with Gasteiger partial charge in [0, 0.05) is 11.0 Å². The van der Waals surface area contributed by atoms with Crippen LogP contribution in [0.3, 0.4) is 0 Å². The predicted octanol–water partition coefficient (Wildman–Crippen LogP) is 5.40. The van der Waals surface area contributed by atoms with Crippen LogP contribution in [0, 0.1) is 0 Å². The summed E-state index contributed by atoms with van der Waals surface area (Å²) >= 11 is 15.9. The molecule has 0 amide bonds. The molecule has 2 nitrogen and oxygen atoms in total. The van der Waals surface area contributed by atoms with Crippen molar-refractivity contribution in [3.05, 3.63) is 62.0 Å². The molecule has 0 saturated carbocycles. The maximum atomic E-state index is 6.35. The summed E-state index contributed by atoms with van der Waals surface area (Å²) in [5.41, 5.74) is 3.51. The Morgan fingerprint density at radius 1 is 1.10 bits per heavy atom. The predicted molar refractivity (Wildman–Crippen MR) is 93.3 cm³/mol. The van der Waals surface area contributed by atoms with E-state index >= 15 is 0 Å². The summed E-state index contributed by atoms with van der Waals surface area (Å²) in [5.74, 6) is 0. The lowest BCUT2D eigenvalue weighted by molar-refractivity contribution is 0.637. The van der Waals surface area contributed by atoms with Crippen molar-refractivity contribution in [3.63, 3.8) is 0 Å². The van der Waals surface area contributed by atoms with Crippen LogP contribution in [0.25, 0.3) is 0 Å². The summed E-state index contributed by atoms with van der Waals surface area (Å²) in [6.45, 7) is 1.87. The summed E-state index contributed by atoms with van der Waals surface area (Å²) in [4.78, 5) is 0. The smallest absolute Gasteiger partial charge is 0.0835 e. The van der Waals surface area contributed by atoms with Crippen LogP contribution in [0.5, 0.6) is 0 Å². The molecule has 1 unspecified atom stereocenters. The largest absolute Gasteiger partial charge is 0.377 e. The number of fused-ring (bicyclic) bond motifs is 1. The maximum absolute atomic E-state index is 6.35. The van der Waals surface area contributed by atoms with Crippen molar-refractivity contribution in [1.82, 2.24) is 5.32 Å². The van der Waals surface area contributed by atoms with Gasteiger partial charge in [0.1, 0.15) is 0 Å². The van der Waals surface area contributed by atoms with Gasteiger partial charge in [-0.05, 0) is 52.2 Å². The second-order valence-electron chi connectivity index (χ2n) is 5.08. The molecule has 1 aliphatic rings. The molecule has 0 fully saturated rings. The Hall–Kier alpha value is -0.740. The first-order valence-corrected chi connectivity index (χ1v) is 8.40. The summed E-state index contributed by atoms with van der Waals surface area (Å²) in [6.07, 6.45) is 1.00. The molecular formula is C16H15BrCl2N2. The second-order valence-corrected chi connectivity index (χ2v) is 6.69. The molecule has 1 atom stereocenters. The zero-order valence-electron chi connectivity index (χ0n) is 11.3. The maximum Gasteiger partial charge on any atom is 0.0835 e. The molecule has 0 saturated heterocycles. The number of hydrogen-bond acceptors (Lipinski definition) is 2. The van der Waals surface area contributed by atoms with Gasteiger partial charge in [-0.3, -0.25) is 0 Å². The number of nitrogens with one attached hydrogen (secondary N) is 2. The van der Waals surface area contributed by atoms with E-state index in [0.29, 0.717) is 10.0 Å². The Labute approximate surface area is 143 Å². The van der Waals surface area contributed by atoms with E-state index in [1.165, 1.54) is 11.1 Å². The molecular weight excluding hydrogens is 371 g/mol. The van der Waals surface area contributed by atoms with Crippen molar-refractivity contribution >= 4 is 44.8 Å². The topological polar surface area (TPSA) is 24.1 Å². The molecule has 0 aliphatic carbocycles. The Bertz CT molecular complexity index is 661. The lowest BCUT2D eigenvalue weighted by Gasteiger charge is -2.21. The lowest BCUT2D eigenvalue weighted by atomic mass is 9.99. The molecule has 0 spiro atoms. The van der Waals surface area contributed by atoms with Crippen LogP contribution >= 0.6 is 39.1 Å². The number of anilines is 1. The van der Waals surface area contributed by atoms with Crippen LogP contribution in [0.1, 0.15) is 23.6 Å². The average Bonchev–Trinajstić information content (AvgIpc) is 2.70. The van der Waals surface area contributed by atoms with Crippen molar-refractivity contribution < 1.29 is 0 Å². The highest BCUT2D eigenvalue weighted by Crippen LogP contribution is 2.38. The van der Waals surface area contributed by atoms with E-state index in [2.05, 4.69) is 50.8 Å². The number of benzene rings is 2. The molecule has 2 N–H and O–H groups in total. The SMILES string of the molecule is Clc1c(Br)ccc(NC2CCNCc3ccccc32)c1Cl. The van der Waals surface area contributed by atoms with E-state index in [1.54, 1.807) is 0 Å². The molecule has 21 heavy (non-hydrogen) atoms. The molecule has 0 bridgehead atoms. The van der Waals surface area contributed by atoms with Gasteiger partial charge in [-0.2, -0.15) is 0 Å². The molecule has 2 aromatic carbocycles. The van der Waals surface area contributed by atoms with Crippen LogP contribution < -0.4 is 10.6 Å². The highest BCUT2D eigenvalue weighted by Gasteiger charge is 2.19. The van der Waals surface area contributed by atoms with Crippen molar-refractivity contribution in [3.8, 4) is 0 Å².